The van der Waals surface area contributed by atoms with Gasteiger partial charge in [-0.1, -0.05) is 0 Å². The molecule has 2 heterocycles. The number of hydrogen-bond donors (Lipinski definition) is 2. The molecule has 5 nitrogen and oxygen atoms in total. The summed E-state index contributed by atoms with van der Waals surface area (Å²) in [6.45, 7) is 2.08. The summed E-state index contributed by atoms with van der Waals surface area (Å²) in [4.78, 5) is 19.7. The molecule has 2 aromatic rings. The fourth-order valence-electron chi connectivity index (χ4n) is 1.30. The van der Waals surface area contributed by atoms with Gasteiger partial charge in [0.2, 0.25) is 5.91 Å². The van der Waals surface area contributed by atoms with Crippen LogP contribution >= 0.6 is 11.3 Å². The SMILES string of the molecule is Cc1cc(NC(=O)CNc2nccs2)ccn1. The molecule has 17 heavy (non-hydrogen) atoms. The third-order valence-corrected chi connectivity index (χ3v) is 2.74. The van der Waals surface area contributed by atoms with Gasteiger partial charge in [0.25, 0.3) is 0 Å². The molecule has 2 N–H and O–H groups in total. The number of thiazole rings is 1. The number of rotatable bonds is 4. The topological polar surface area (TPSA) is 66.9 Å². The zero-order valence-corrected chi connectivity index (χ0v) is 10.1. The van der Waals surface area contributed by atoms with E-state index in [2.05, 4.69) is 20.6 Å². The Morgan fingerprint density at radius 3 is 3.00 bits per heavy atom. The van der Waals surface area contributed by atoms with Crippen molar-refractivity contribution >= 4 is 28.1 Å². The summed E-state index contributed by atoms with van der Waals surface area (Å²) >= 11 is 1.46. The maximum Gasteiger partial charge on any atom is 0.243 e. The van der Waals surface area contributed by atoms with Crippen LogP contribution in [0.5, 0.6) is 0 Å². The van der Waals surface area contributed by atoms with Gasteiger partial charge in [-0.05, 0) is 19.1 Å². The van der Waals surface area contributed by atoms with E-state index in [1.807, 2.05) is 18.4 Å². The second-order valence-electron chi connectivity index (χ2n) is 3.42. The number of amides is 1. The molecular formula is C11H12N4OS. The van der Waals surface area contributed by atoms with Crippen molar-refractivity contribution in [2.24, 2.45) is 0 Å². The fraction of sp³-hybridized carbons (Fsp3) is 0.182. The third-order valence-electron chi connectivity index (χ3n) is 2.01. The van der Waals surface area contributed by atoms with Crippen molar-refractivity contribution in [3.05, 3.63) is 35.6 Å². The van der Waals surface area contributed by atoms with Gasteiger partial charge < -0.3 is 10.6 Å². The van der Waals surface area contributed by atoms with E-state index in [1.54, 1.807) is 18.5 Å². The molecule has 2 rings (SSSR count). The highest BCUT2D eigenvalue weighted by atomic mass is 32.1. The number of carbonyl (C=O) groups excluding carboxylic acids is 1. The van der Waals surface area contributed by atoms with Gasteiger partial charge in [-0.15, -0.1) is 11.3 Å². The lowest BCUT2D eigenvalue weighted by molar-refractivity contribution is -0.114. The van der Waals surface area contributed by atoms with E-state index in [1.165, 1.54) is 11.3 Å². The van der Waals surface area contributed by atoms with Crippen molar-refractivity contribution < 1.29 is 4.79 Å². The van der Waals surface area contributed by atoms with Crippen LogP contribution in [0.15, 0.2) is 29.9 Å². The molecular weight excluding hydrogens is 236 g/mol. The van der Waals surface area contributed by atoms with Crippen molar-refractivity contribution in [2.45, 2.75) is 6.92 Å². The lowest BCUT2D eigenvalue weighted by Gasteiger charge is -2.05. The molecule has 0 aromatic carbocycles. The molecule has 0 aliphatic rings. The molecule has 0 radical (unpaired) electrons. The van der Waals surface area contributed by atoms with Crippen LogP contribution in [-0.2, 0) is 4.79 Å². The van der Waals surface area contributed by atoms with Crippen molar-refractivity contribution in [3.8, 4) is 0 Å². The number of nitrogens with zero attached hydrogens (tertiary/aromatic N) is 2. The van der Waals surface area contributed by atoms with E-state index < -0.39 is 0 Å². The number of anilines is 2. The van der Waals surface area contributed by atoms with Crippen molar-refractivity contribution in [3.63, 3.8) is 0 Å². The van der Waals surface area contributed by atoms with Crippen LogP contribution in [0.1, 0.15) is 5.69 Å². The molecule has 1 amide bonds. The van der Waals surface area contributed by atoms with E-state index in [4.69, 9.17) is 0 Å². The van der Waals surface area contributed by atoms with Crippen molar-refractivity contribution in [2.75, 3.05) is 17.2 Å². The van der Waals surface area contributed by atoms with E-state index in [0.717, 1.165) is 16.5 Å². The van der Waals surface area contributed by atoms with Gasteiger partial charge in [0.1, 0.15) is 0 Å². The Morgan fingerprint density at radius 2 is 2.29 bits per heavy atom. The molecule has 0 saturated carbocycles. The van der Waals surface area contributed by atoms with E-state index >= 15 is 0 Å². The van der Waals surface area contributed by atoms with Crippen molar-refractivity contribution in [1.29, 1.82) is 0 Å². The highest BCUT2D eigenvalue weighted by Crippen LogP contribution is 2.10. The summed E-state index contributed by atoms with van der Waals surface area (Å²) in [5.41, 5.74) is 1.62. The molecule has 0 fully saturated rings. The molecule has 0 aliphatic carbocycles. The molecule has 0 bridgehead atoms. The number of hydrogen-bond acceptors (Lipinski definition) is 5. The summed E-state index contributed by atoms with van der Waals surface area (Å²) in [7, 11) is 0. The van der Waals surface area contributed by atoms with Gasteiger partial charge in [-0.2, -0.15) is 0 Å². The second-order valence-corrected chi connectivity index (χ2v) is 4.32. The lowest BCUT2D eigenvalue weighted by Crippen LogP contribution is -2.21. The maximum absolute atomic E-state index is 11.6. The summed E-state index contributed by atoms with van der Waals surface area (Å²) in [6.07, 6.45) is 3.36. The average Bonchev–Trinajstić information content (AvgIpc) is 2.79. The van der Waals surface area contributed by atoms with Gasteiger partial charge in [0.05, 0.1) is 6.54 Å². The lowest BCUT2D eigenvalue weighted by atomic mass is 10.3. The molecule has 0 spiro atoms. The zero-order chi connectivity index (χ0) is 12.1. The van der Waals surface area contributed by atoms with E-state index in [0.29, 0.717) is 0 Å². The van der Waals surface area contributed by atoms with Crippen molar-refractivity contribution in [1.82, 2.24) is 9.97 Å². The van der Waals surface area contributed by atoms with Gasteiger partial charge >= 0.3 is 0 Å². The Bertz CT molecular complexity index is 498. The Kier molecular flexibility index (Phi) is 3.66. The Hall–Kier alpha value is -1.95. The van der Waals surface area contributed by atoms with Gasteiger partial charge in [-0.3, -0.25) is 9.78 Å². The number of carbonyl (C=O) groups is 1. The minimum absolute atomic E-state index is 0.106. The predicted molar refractivity (Wildman–Crippen MR) is 68.2 cm³/mol. The first kappa shape index (κ1) is 11.5. The minimum Gasteiger partial charge on any atom is -0.352 e. The van der Waals surface area contributed by atoms with Crippen LogP contribution in [0.4, 0.5) is 10.8 Å². The van der Waals surface area contributed by atoms with Crippen LogP contribution in [0.3, 0.4) is 0 Å². The summed E-state index contributed by atoms with van der Waals surface area (Å²) in [5.74, 6) is -0.106. The highest BCUT2D eigenvalue weighted by molar-refractivity contribution is 7.13. The first-order valence-electron chi connectivity index (χ1n) is 5.10. The van der Waals surface area contributed by atoms with Crippen LogP contribution in [0.2, 0.25) is 0 Å². The molecule has 2 aromatic heterocycles. The number of aryl methyl sites for hydroxylation is 1. The molecule has 6 heteroatoms. The number of nitrogens with one attached hydrogen (secondary N) is 2. The summed E-state index contributed by atoms with van der Waals surface area (Å²) < 4.78 is 0. The van der Waals surface area contributed by atoms with Crippen LogP contribution in [0, 0.1) is 6.92 Å². The quantitative estimate of drug-likeness (QED) is 0.867. The first-order chi connectivity index (χ1) is 8.24. The predicted octanol–water partition coefficient (Wildman–Crippen LogP) is 1.90. The first-order valence-corrected chi connectivity index (χ1v) is 5.98. The smallest absolute Gasteiger partial charge is 0.243 e. The van der Waals surface area contributed by atoms with E-state index in [9.17, 15) is 4.79 Å². The van der Waals surface area contributed by atoms with Crippen LogP contribution in [-0.4, -0.2) is 22.4 Å². The van der Waals surface area contributed by atoms with E-state index in [-0.39, 0.29) is 12.5 Å². The number of aromatic nitrogens is 2. The average molecular weight is 248 g/mol. The van der Waals surface area contributed by atoms with Gasteiger partial charge in [-0.25, -0.2) is 4.98 Å². The zero-order valence-electron chi connectivity index (χ0n) is 9.30. The Balaban J connectivity index is 1.85. The largest absolute Gasteiger partial charge is 0.352 e. The van der Waals surface area contributed by atoms with Crippen LogP contribution in [0.25, 0.3) is 0 Å². The molecule has 0 atom stereocenters. The molecule has 0 unspecified atom stereocenters. The van der Waals surface area contributed by atoms with Crippen LogP contribution < -0.4 is 10.6 Å². The molecule has 0 saturated heterocycles. The van der Waals surface area contributed by atoms with Gasteiger partial charge in [0.15, 0.2) is 5.13 Å². The normalized spacial score (nSPS) is 9.94. The standard InChI is InChI=1S/C11H12N4OS/c1-8-6-9(2-3-12-8)15-10(16)7-14-11-13-4-5-17-11/h2-6H,7H2,1H3,(H,13,14)(H,12,15,16). The minimum atomic E-state index is -0.106. The molecule has 0 aliphatic heterocycles. The Morgan fingerprint density at radius 1 is 1.41 bits per heavy atom. The number of pyridine rings is 1. The second kappa shape index (κ2) is 5.40. The Labute approximate surface area is 103 Å². The maximum atomic E-state index is 11.6. The summed E-state index contributed by atoms with van der Waals surface area (Å²) in [5, 5.41) is 8.31. The third kappa shape index (κ3) is 3.53. The molecule has 88 valence electrons. The fourth-order valence-corrected chi connectivity index (χ4v) is 1.82. The highest BCUT2D eigenvalue weighted by Gasteiger charge is 2.03. The summed E-state index contributed by atoms with van der Waals surface area (Å²) in [6, 6.07) is 3.58. The van der Waals surface area contributed by atoms with Gasteiger partial charge in [0, 0.05) is 29.2 Å². The monoisotopic (exact) mass is 248 g/mol.